The molecule has 0 saturated carbocycles. The standard InChI is InChI=1S/C23H31N5O4S/c1-26-13-15-28(16-14-26)33(31,32)21-10-6-9-20(17-21)25-22(29)11-12-24-23(30)27(2)18-19-7-4-3-5-8-19/h3-10,17H,11-16,18H2,1-2H3,(H,24,30)(H,25,29). The Labute approximate surface area is 195 Å². The van der Waals surface area contributed by atoms with Crippen LogP contribution < -0.4 is 10.6 Å². The molecule has 10 heteroatoms. The van der Waals surface area contributed by atoms with Crippen molar-refractivity contribution in [3.05, 3.63) is 60.2 Å². The summed E-state index contributed by atoms with van der Waals surface area (Å²) in [6, 6.07) is 15.6. The van der Waals surface area contributed by atoms with Crippen LogP contribution in [-0.4, -0.2) is 81.3 Å². The Bertz CT molecular complexity index is 1050. The zero-order valence-electron chi connectivity index (χ0n) is 19.0. The van der Waals surface area contributed by atoms with Gasteiger partial charge in [0, 0.05) is 58.4 Å². The van der Waals surface area contributed by atoms with Gasteiger partial charge in [0.2, 0.25) is 15.9 Å². The molecule has 1 heterocycles. The van der Waals surface area contributed by atoms with Gasteiger partial charge in [0.15, 0.2) is 0 Å². The van der Waals surface area contributed by atoms with Crippen molar-refractivity contribution >= 4 is 27.6 Å². The van der Waals surface area contributed by atoms with E-state index in [-0.39, 0.29) is 29.8 Å². The summed E-state index contributed by atoms with van der Waals surface area (Å²) in [5, 5.41) is 5.43. The van der Waals surface area contributed by atoms with Gasteiger partial charge >= 0.3 is 6.03 Å². The third kappa shape index (κ3) is 7.01. The third-order valence-corrected chi connectivity index (χ3v) is 7.35. The van der Waals surface area contributed by atoms with E-state index >= 15 is 0 Å². The number of hydrogen-bond donors (Lipinski definition) is 2. The quantitative estimate of drug-likeness (QED) is 0.609. The number of carbonyl (C=O) groups is 2. The molecule has 0 unspecified atom stereocenters. The van der Waals surface area contributed by atoms with Crippen molar-refractivity contribution in [2.75, 3.05) is 52.1 Å². The van der Waals surface area contributed by atoms with E-state index in [1.165, 1.54) is 16.4 Å². The van der Waals surface area contributed by atoms with Gasteiger partial charge in [0.1, 0.15) is 0 Å². The largest absolute Gasteiger partial charge is 0.337 e. The summed E-state index contributed by atoms with van der Waals surface area (Å²) in [4.78, 5) is 28.3. The highest BCUT2D eigenvalue weighted by Gasteiger charge is 2.27. The van der Waals surface area contributed by atoms with Crippen molar-refractivity contribution in [1.29, 1.82) is 0 Å². The molecule has 2 N–H and O–H groups in total. The van der Waals surface area contributed by atoms with Crippen molar-refractivity contribution in [2.24, 2.45) is 0 Å². The summed E-state index contributed by atoms with van der Waals surface area (Å²) in [5.74, 6) is -0.310. The number of nitrogens with zero attached hydrogens (tertiary/aromatic N) is 3. The maximum Gasteiger partial charge on any atom is 0.317 e. The van der Waals surface area contributed by atoms with Crippen molar-refractivity contribution in [2.45, 2.75) is 17.9 Å². The number of hydrogen-bond acceptors (Lipinski definition) is 5. The lowest BCUT2D eigenvalue weighted by Crippen LogP contribution is -2.47. The van der Waals surface area contributed by atoms with Crippen LogP contribution in [0.3, 0.4) is 0 Å². The lowest BCUT2D eigenvalue weighted by Gasteiger charge is -2.31. The molecular formula is C23H31N5O4S. The first-order valence-corrected chi connectivity index (χ1v) is 12.3. The molecular weight excluding hydrogens is 442 g/mol. The van der Waals surface area contributed by atoms with Crippen LogP contribution in [0, 0.1) is 0 Å². The molecule has 2 aromatic rings. The minimum absolute atomic E-state index is 0.0698. The van der Waals surface area contributed by atoms with Gasteiger partial charge in [-0.25, -0.2) is 13.2 Å². The SMILES string of the molecule is CN1CCN(S(=O)(=O)c2cccc(NC(=O)CCNC(=O)N(C)Cc3ccccc3)c2)CC1. The molecule has 9 nitrogen and oxygen atoms in total. The fraction of sp³-hybridized carbons (Fsp3) is 0.391. The van der Waals surface area contributed by atoms with Crippen LogP contribution in [-0.2, 0) is 21.4 Å². The first-order chi connectivity index (χ1) is 15.8. The molecule has 178 valence electrons. The van der Waals surface area contributed by atoms with Crippen molar-refractivity contribution in [1.82, 2.24) is 19.4 Å². The maximum absolute atomic E-state index is 12.9. The summed E-state index contributed by atoms with van der Waals surface area (Å²) in [6.07, 6.45) is 0.0698. The van der Waals surface area contributed by atoms with Gasteiger partial charge in [-0.05, 0) is 30.8 Å². The highest BCUT2D eigenvalue weighted by Crippen LogP contribution is 2.21. The lowest BCUT2D eigenvalue weighted by atomic mass is 10.2. The zero-order valence-corrected chi connectivity index (χ0v) is 19.8. The molecule has 33 heavy (non-hydrogen) atoms. The van der Waals surface area contributed by atoms with Crippen LogP contribution in [0.4, 0.5) is 10.5 Å². The summed E-state index contributed by atoms with van der Waals surface area (Å²) in [5.41, 5.74) is 1.42. The van der Waals surface area contributed by atoms with Gasteiger partial charge < -0.3 is 20.4 Å². The number of amides is 3. The molecule has 0 atom stereocenters. The van der Waals surface area contributed by atoms with Gasteiger partial charge in [-0.2, -0.15) is 4.31 Å². The molecule has 1 aliphatic rings. The number of anilines is 1. The van der Waals surface area contributed by atoms with E-state index < -0.39 is 10.0 Å². The molecule has 3 rings (SSSR count). The Morgan fingerprint density at radius 3 is 2.39 bits per heavy atom. The Morgan fingerprint density at radius 2 is 1.70 bits per heavy atom. The first kappa shape index (κ1) is 24.7. The number of likely N-dealkylation sites (N-methyl/N-ethyl adjacent to an activating group) is 1. The fourth-order valence-electron chi connectivity index (χ4n) is 3.48. The Hall–Kier alpha value is -2.95. The summed E-state index contributed by atoms with van der Waals surface area (Å²) < 4.78 is 27.3. The van der Waals surface area contributed by atoms with Gasteiger partial charge in [0.25, 0.3) is 0 Å². The van der Waals surface area contributed by atoms with Crippen molar-refractivity contribution < 1.29 is 18.0 Å². The second-order valence-electron chi connectivity index (χ2n) is 8.11. The zero-order chi connectivity index (χ0) is 23.8. The normalized spacial score (nSPS) is 15.1. The molecule has 1 saturated heterocycles. The molecule has 0 bridgehead atoms. The highest BCUT2D eigenvalue weighted by atomic mass is 32.2. The van der Waals surface area contributed by atoms with E-state index in [1.54, 1.807) is 24.1 Å². The summed E-state index contributed by atoms with van der Waals surface area (Å²) in [6.45, 7) is 2.88. The van der Waals surface area contributed by atoms with Crippen LogP contribution >= 0.6 is 0 Å². The van der Waals surface area contributed by atoms with Gasteiger partial charge in [-0.15, -0.1) is 0 Å². The number of carbonyl (C=O) groups excluding carboxylic acids is 2. The number of nitrogens with one attached hydrogen (secondary N) is 2. The lowest BCUT2D eigenvalue weighted by molar-refractivity contribution is -0.116. The summed E-state index contributed by atoms with van der Waals surface area (Å²) >= 11 is 0. The monoisotopic (exact) mass is 473 g/mol. The van der Waals surface area contributed by atoms with E-state index in [1.807, 2.05) is 37.4 Å². The molecule has 0 radical (unpaired) electrons. The molecule has 0 aliphatic carbocycles. The van der Waals surface area contributed by atoms with E-state index in [9.17, 15) is 18.0 Å². The molecule has 0 spiro atoms. The van der Waals surface area contributed by atoms with E-state index in [0.29, 0.717) is 38.4 Å². The number of urea groups is 1. The van der Waals surface area contributed by atoms with Crippen LogP contribution in [0.2, 0.25) is 0 Å². The van der Waals surface area contributed by atoms with Crippen molar-refractivity contribution in [3.63, 3.8) is 0 Å². The smallest absolute Gasteiger partial charge is 0.317 e. The number of piperazine rings is 1. The van der Waals surface area contributed by atoms with Gasteiger partial charge in [0.05, 0.1) is 4.90 Å². The van der Waals surface area contributed by atoms with Crippen molar-refractivity contribution in [3.8, 4) is 0 Å². The number of benzene rings is 2. The van der Waals surface area contributed by atoms with Gasteiger partial charge in [-0.1, -0.05) is 36.4 Å². The molecule has 2 aromatic carbocycles. The van der Waals surface area contributed by atoms with Crippen LogP contribution in [0.25, 0.3) is 0 Å². The molecule has 3 amide bonds. The number of rotatable bonds is 8. The predicted octanol–water partition coefficient (Wildman–Crippen LogP) is 1.79. The second kappa shape index (κ2) is 11.3. The maximum atomic E-state index is 12.9. The minimum atomic E-state index is -3.61. The van der Waals surface area contributed by atoms with Crippen LogP contribution in [0.1, 0.15) is 12.0 Å². The molecule has 1 aliphatic heterocycles. The minimum Gasteiger partial charge on any atom is -0.337 e. The fourth-order valence-corrected chi connectivity index (χ4v) is 4.95. The van der Waals surface area contributed by atoms with E-state index in [4.69, 9.17) is 0 Å². The first-order valence-electron chi connectivity index (χ1n) is 10.9. The van der Waals surface area contributed by atoms with E-state index in [0.717, 1.165) is 5.56 Å². The average Bonchev–Trinajstić information content (AvgIpc) is 2.80. The molecule has 0 aromatic heterocycles. The molecule has 1 fully saturated rings. The third-order valence-electron chi connectivity index (χ3n) is 5.46. The highest BCUT2D eigenvalue weighted by molar-refractivity contribution is 7.89. The topological polar surface area (TPSA) is 102 Å². The van der Waals surface area contributed by atoms with Gasteiger partial charge in [-0.3, -0.25) is 4.79 Å². The Kier molecular flexibility index (Phi) is 8.43. The van der Waals surface area contributed by atoms with Crippen LogP contribution in [0.5, 0.6) is 0 Å². The van der Waals surface area contributed by atoms with Crippen LogP contribution in [0.15, 0.2) is 59.5 Å². The Balaban J connectivity index is 1.48. The van der Waals surface area contributed by atoms with E-state index in [2.05, 4.69) is 15.5 Å². The predicted molar refractivity (Wildman–Crippen MR) is 127 cm³/mol. The number of sulfonamides is 1. The Morgan fingerprint density at radius 1 is 1.00 bits per heavy atom. The summed E-state index contributed by atoms with van der Waals surface area (Å²) in [7, 11) is 0.0369. The average molecular weight is 474 g/mol. The second-order valence-corrected chi connectivity index (χ2v) is 10.0.